The van der Waals surface area contributed by atoms with Gasteiger partial charge in [0.25, 0.3) is 16.0 Å². The lowest BCUT2D eigenvalue weighted by atomic mass is 10.0. The first kappa shape index (κ1) is 31.4. The molecule has 228 valence electrons. The highest BCUT2D eigenvalue weighted by molar-refractivity contribution is 7.85. The van der Waals surface area contributed by atoms with Gasteiger partial charge in [0, 0.05) is 38.4 Å². The fourth-order valence-corrected chi connectivity index (χ4v) is 5.32. The van der Waals surface area contributed by atoms with Crippen LogP contribution < -0.4 is 16.4 Å². The van der Waals surface area contributed by atoms with E-state index in [1.165, 1.54) is 23.3 Å². The second kappa shape index (κ2) is 13.7. The fraction of sp³-hybridized carbons (Fsp3) is 0.333. The number of urea groups is 1. The number of aryl methyl sites for hydroxylation is 3. The van der Waals surface area contributed by atoms with Crippen molar-refractivity contribution in [2.75, 3.05) is 18.4 Å². The first-order chi connectivity index (χ1) is 20.5. The first-order valence-electron chi connectivity index (χ1n) is 14.0. The zero-order valence-corrected chi connectivity index (χ0v) is 25.3. The van der Waals surface area contributed by atoms with E-state index in [-0.39, 0.29) is 16.8 Å². The number of fused-ring (bicyclic) bond motifs is 1. The molecule has 0 unspecified atom stereocenters. The number of amides is 3. The molecule has 1 saturated heterocycles. The molecule has 3 amide bonds. The number of primary amides is 1. The highest BCUT2D eigenvalue weighted by atomic mass is 32.2. The zero-order valence-electron chi connectivity index (χ0n) is 24.4. The Bertz CT molecular complexity index is 1700. The van der Waals surface area contributed by atoms with Crippen LogP contribution >= 0.6 is 0 Å². The number of pyridine rings is 1. The van der Waals surface area contributed by atoms with Gasteiger partial charge >= 0.3 is 6.03 Å². The third kappa shape index (κ3) is 7.87. The Morgan fingerprint density at radius 2 is 1.74 bits per heavy atom. The average Bonchev–Trinajstić information content (AvgIpc) is 3.42. The van der Waals surface area contributed by atoms with Gasteiger partial charge in [-0.15, -0.1) is 0 Å². The van der Waals surface area contributed by atoms with Crippen molar-refractivity contribution >= 4 is 38.8 Å². The number of hydrogen-bond acceptors (Lipinski definition) is 7. The number of hydrogen-bond donors (Lipinski definition) is 4. The van der Waals surface area contributed by atoms with Crippen molar-refractivity contribution in [1.29, 1.82) is 0 Å². The molecule has 3 heterocycles. The number of carbonyl (C=O) groups is 2. The van der Waals surface area contributed by atoms with Gasteiger partial charge in [0.1, 0.15) is 0 Å². The summed E-state index contributed by atoms with van der Waals surface area (Å²) in [5.74, 6) is -0.191. The Morgan fingerprint density at radius 3 is 2.33 bits per heavy atom. The molecule has 43 heavy (non-hydrogen) atoms. The van der Waals surface area contributed by atoms with Gasteiger partial charge in [0.2, 0.25) is 0 Å². The molecule has 0 saturated carbocycles. The van der Waals surface area contributed by atoms with Gasteiger partial charge in [0.05, 0.1) is 27.7 Å². The quantitative estimate of drug-likeness (QED) is 0.229. The summed E-state index contributed by atoms with van der Waals surface area (Å²) in [6, 6.07) is 13.3. The third-order valence-corrected chi connectivity index (χ3v) is 8.30. The summed E-state index contributed by atoms with van der Waals surface area (Å²) in [7, 11) is -4.00. The number of rotatable bonds is 7. The molecule has 1 fully saturated rings. The van der Waals surface area contributed by atoms with E-state index in [2.05, 4.69) is 46.7 Å². The van der Waals surface area contributed by atoms with Crippen LogP contribution in [-0.4, -0.2) is 63.7 Å². The van der Waals surface area contributed by atoms with Crippen molar-refractivity contribution in [2.45, 2.75) is 57.6 Å². The molecular weight excluding hydrogens is 570 g/mol. The summed E-state index contributed by atoms with van der Waals surface area (Å²) in [4.78, 5) is 30.8. The molecule has 0 atom stereocenters. The molecule has 2 aromatic heterocycles. The van der Waals surface area contributed by atoms with Crippen LogP contribution in [0.4, 0.5) is 10.5 Å². The van der Waals surface area contributed by atoms with Gasteiger partial charge in [-0.2, -0.15) is 13.5 Å². The number of aromatic nitrogens is 3. The van der Waals surface area contributed by atoms with Crippen LogP contribution in [0.2, 0.25) is 0 Å². The molecule has 0 bridgehead atoms. The van der Waals surface area contributed by atoms with Crippen LogP contribution in [0.1, 0.15) is 46.8 Å². The van der Waals surface area contributed by atoms with Crippen molar-refractivity contribution in [3.05, 3.63) is 83.2 Å². The first-order valence-corrected chi connectivity index (χ1v) is 15.4. The molecule has 2 aromatic carbocycles. The Hall–Kier alpha value is -4.49. The number of nitrogens with one attached hydrogen (secondary N) is 2. The van der Waals surface area contributed by atoms with E-state index in [1.807, 2.05) is 17.7 Å². The van der Waals surface area contributed by atoms with E-state index in [0.29, 0.717) is 31.7 Å². The van der Waals surface area contributed by atoms with E-state index >= 15 is 0 Å². The Labute approximate surface area is 251 Å². The largest absolute Gasteiger partial charge is 0.381 e. The number of piperidine rings is 1. The fourth-order valence-electron chi connectivity index (χ4n) is 4.82. The molecule has 5 rings (SSSR count). The predicted molar refractivity (Wildman–Crippen MR) is 164 cm³/mol. The highest BCUT2D eigenvalue weighted by Crippen LogP contribution is 2.28. The topological polar surface area (TPSA) is 173 Å². The number of benzene rings is 2. The molecule has 0 spiro atoms. The minimum absolute atomic E-state index is 0.0741. The maximum absolute atomic E-state index is 13.2. The molecular formula is C30H37N7O5S. The highest BCUT2D eigenvalue weighted by Gasteiger charge is 2.25. The molecule has 12 nitrogen and oxygen atoms in total. The van der Waals surface area contributed by atoms with E-state index in [9.17, 15) is 18.0 Å². The minimum Gasteiger partial charge on any atom is -0.381 e. The Balaban J connectivity index is 0.000000359. The summed E-state index contributed by atoms with van der Waals surface area (Å²) in [5, 5.41) is 11.8. The van der Waals surface area contributed by atoms with Crippen molar-refractivity contribution in [1.82, 2.24) is 25.0 Å². The van der Waals surface area contributed by atoms with Gasteiger partial charge in [-0.1, -0.05) is 36.4 Å². The van der Waals surface area contributed by atoms with E-state index in [0.717, 1.165) is 35.1 Å². The molecule has 0 aliphatic carbocycles. The molecule has 0 radical (unpaired) electrons. The van der Waals surface area contributed by atoms with E-state index < -0.39 is 16.1 Å². The monoisotopic (exact) mass is 607 g/mol. The molecule has 13 heteroatoms. The number of anilines is 1. The molecule has 4 aromatic rings. The third-order valence-electron chi connectivity index (χ3n) is 7.43. The van der Waals surface area contributed by atoms with E-state index in [4.69, 9.17) is 10.3 Å². The van der Waals surface area contributed by atoms with Crippen molar-refractivity contribution in [3.8, 4) is 0 Å². The smallest absolute Gasteiger partial charge is 0.314 e. The minimum atomic E-state index is -4.00. The van der Waals surface area contributed by atoms with Gasteiger partial charge in [-0.05, 0) is 62.4 Å². The lowest BCUT2D eigenvalue weighted by molar-refractivity contribution is 0.0951. The van der Waals surface area contributed by atoms with Gasteiger partial charge < -0.3 is 21.3 Å². The maximum atomic E-state index is 13.2. The van der Waals surface area contributed by atoms with Crippen LogP contribution in [0.15, 0.2) is 65.8 Å². The average molecular weight is 608 g/mol. The maximum Gasteiger partial charge on any atom is 0.314 e. The molecule has 1 aliphatic heterocycles. The van der Waals surface area contributed by atoms with Crippen LogP contribution in [0.5, 0.6) is 0 Å². The standard InChI is InChI=1S/C24H31N7O2.C6H6O3S/c1-4-31-22-19(14-28-31)21(29-18-7-9-30(10-8-18)24(25)33)20(13-26-22)23(32)27-12-17-6-5-15(2)16(3)11-17;7-10(8,9)6-4-2-1-3-5-6/h5-6,11,13-14,18H,4,7-10,12H2,1-3H3,(H2,25,33)(H,26,29)(H,27,32);1-5H,(H,7,8,9). The van der Waals surface area contributed by atoms with Gasteiger partial charge in [-0.25, -0.2) is 14.5 Å². The Kier molecular flexibility index (Phi) is 9.99. The summed E-state index contributed by atoms with van der Waals surface area (Å²) in [6.45, 7) is 8.43. The summed E-state index contributed by atoms with van der Waals surface area (Å²) < 4.78 is 31.1. The second-order valence-electron chi connectivity index (χ2n) is 10.4. The lowest BCUT2D eigenvalue weighted by Crippen LogP contribution is -2.44. The molecule has 1 aliphatic rings. The zero-order chi connectivity index (χ0) is 31.1. The Morgan fingerprint density at radius 1 is 1.05 bits per heavy atom. The van der Waals surface area contributed by atoms with Crippen LogP contribution in [0, 0.1) is 13.8 Å². The normalized spacial score (nSPS) is 13.7. The number of nitrogens with zero attached hydrogens (tertiary/aromatic N) is 4. The second-order valence-corrected chi connectivity index (χ2v) is 11.8. The number of nitrogens with two attached hydrogens (primary N) is 1. The number of likely N-dealkylation sites (tertiary alicyclic amines) is 1. The van der Waals surface area contributed by atoms with Gasteiger partial charge in [-0.3, -0.25) is 9.35 Å². The lowest BCUT2D eigenvalue weighted by Gasteiger charge is -2.32. The van der Waals surface area contributed by atoms with Gasteiger partial charge in [0.15, 0.2) is 5.65 Å². The predicted octanol–water partition coefficient (Wildman–Crippen LogP) is 3.89. The summed E-state index contributed by atoms with van der Waals surface area (Å²) in [5.41, 5.74) is 10.8. The van der Waals surface area contributed by atoms with Crippen molar-refractivity contribution in [3.63, 3.8) is 0 Å². The van der Waals surface area contributed by atoms with Crippen LogP contribution in [0.25, 0.3) is 11.0 Å². The summed E-state index contributed by atoms with van der Waals surface area (Å²) in [6.07, 6.45) is 4.87. The SMILES string of the molecule is CCn1ncc2c(NC3CCN(C(N)=O)CC3)c(C(=O)NCc3ccc(C)c(C)c3)cnc21.O=S(=O)(O)c1ccccc1. The number of carbonyl (C=O) groups excluding carboxylic acids is 2. The van der Waals surface area contributed by atoms with E-state index in [1.54, 1.807) is 35.5 Å². The summed E-state index contributed by atoms with van der Waals surface area (Å²) >= 11 is 0. The molecule has 5 N–H and O–H groups in total. The van der Waals surface area contributed by atoms with Crippen molar-refractivity contribution < 1.29 is 22.6 Å². The van der Waals surface area contributed by atoms with Crippen molar-refractivity contribution in [2.24, 2.45) is 5.73 Å². The van der Waals surface area contributed by atoms with Crippen LogP contribution in [0.3, 0.4) is 0 Å². The van der Waals surface area contributed by atoms with Crippen LogP contribution in [-0.2, 0) is 23.2 Å².